The van der Waals surface area contributed by atoms with Crippen molar-refractivity contribution < 1.29 is 18.0 Å². The number of aromatic nitrogens is 2. The Kier molecular flexibility index (Phi) is 2.82. The highest BCUT2D eigenvalue weighted by Gasteiger charge is 2.33. The largest absolute Gasteiger partial charge is 0.433 e. The maximum Gasteiger partial charge on any atom is 0.433 e. The van der Waals surface area contributed by atoms with E-state index in [-0.39, 0.29) is 5.56 Å². The minimum absolute atomic E-state index is 0.237. The molecule has 0 aromatic carbocycles. The van der Waals surface area contributed by atoms with Gasteiger partial charge >= 0.3 is 6.18 Å². The van der Waals surface area contributed by atoms with Crippen LogP contribution in [0.2, 0.25) is 0 Å². The molecule has 0 unspecified atom stereocenters. The van der Waals surface area contributed by atoms with Crippen molar-refractivity contribution in [2.24, 2.45) is 5.73 Å². The second-order valence-electron chi connectivity index (χ2n) is 3.54. The first-order valence-corrected chi connectivity index (χ1v) is 4.91. The molecule has 0 saturated carbocycles. The molecule has 0 aliphatic rings. The Morgan fingerprint density at radius 2 is 2.00 bits per heavy atom. The number of H-pyrrole nitrogens is 1. The van der Waals surface area contributed by atoms with Gasteiger partial charge in [0.15, 0.2) is 0 Å². The monoisotopic (exact) mass is 255 g/mol. The Hall–Kier alpha value is -2.31. The predicted molar refractivity (Wildman–Crippen MR) is 57.5 cm³/mol. The second kappa shape index (κ2) is 4.17. The van der Waals surface area contributed by atoms with Gasteiger partial charge in [0.05, 0.1) is 0 Å². The van der Waals surface area contributed by atoms with Crippen LogP contribution < -0.4 is 5.73 Å². The summed E-state index contributed by atoms with van der Waals surface area (Å²) in [4.78, 5) is 17.2. The molecule has 0 spiro atoms. The quantitative estimate of drug-likeness (QED) is 0.863. The molecule has 1 amide bonds. The fraction of sp³-hybridized carbons (Fsp3) is 0.0909. The Balaban J connectivity index is 2.59. The molecule has 0 atom stereocenters. The Morgan fingerprint density at radius 1 is 1.28 bits per heavy atom. The second-order valence-corrected chi connectivity index (χ2v) is 3.54. The first-order chi connectivity index (χ1) is 8.39. The maximum atomic E-state index is 12.5. The van der Waals surface area contributed by atoms with Gasteiger partial charge in [-0.15, -0.1) is 0 Å². The van der Waals surface area contributed by atoms with Gasteiger partial charge in [0, 0.05) is 17.5 Å². The van der Waals surface area contributed by atoms with E-state index in [1.165, 1.54) is 6.07 Å². The van der Waals surface area contributed by atoms with Crippen molar-refractivity contribution in [3.8, 4) is 11.3 Å². The van der Waals surface area contributed by atoms with Gasteiger partial charge in [-0.1, -0.05) is 0 Å². The van der Waals surface area contributed by atoms with Crippen molar-refractivity contribution >= 4 is 5.91 Å². The van der Waals surface area contributed by atoms with Crippen molar-refractivity contribution in [3.63, 3.8) is 0 Å². The number of carbonyl (C=O) groups is 1. The first kappa shape index (κ1) is 12.2. The van der Waals surface area contributed by atoms with Gasteiger partial charge in [0.25, 0.3) is 5.91 Å². The lowest BCUT2D eigenvalue weighted by molar-refractivity contribution is -0.141. The summed E-state index contributed by atoms with van der Waals surface area (Å²) >= 11 is 0. The molecule has 0 bridgehead atoms. The molecule has 0 saturated heterocycles. The van der Waals surface area contributed by atoms with Crippen LogP contribution in [0.1, 0.15) is 16.2 Å². The number of amides is 1. The van der Waals surface area contributed by atoms with Crippen molar-refractivity contribution in [3.05, 3.63) is 41.9 Å². The lowest BCUT2D eigenvalue weighted by Crippen LogP contribution is -2.18. The van der Waals surface area contributed by atoms with Gasteiger partial charge in [0.1, 0.15) is 11.4 Å². The molecule has 3 N–H and O–H groups in total. The highest BCUT2D eigenvalue weighted by molar-refractivity contribution is 5.97. The van der Waals surface area contributed by atoms with E-state index in [1.54, 1.807) is 18.3 Å². The molecule has 0 aliphatic heterocycles. The van der Waals surface area contributed by atoms with Gasteiger partial charge in [0.2, 0.25) is 0 Å². The Morgan fingerprint density at radius 3 is 2.50 bits per heavy atom. The van der Waals surface area contributed by atoms with Gasteiger partial charge < -0.3 is 10.7 Å². The average molecular weight is 255 g/mol. The van der Waals surface area contributed by atoms with Crippen LogP contribution in [-0.2, 0) is 6.18 Å². The van der Waals surface area contributed by atoms with Gasteiger partial charge in [-0.25, -0.2) is 4.98 Å². The number of nitrogens with one attached hydrogen (secondary N) is 1. The van der Waals surface area contributed by atoms with E-state index in [0.717, 1.165) is 6.07 Å². The number of halogens is 3. The molecule has 94 valence electrons. The molecule has 0 aliphatic carbocycles. The van der Waals surface area contributed by atoms with Crippen LogP contribution in [0.4, 0.5) is 13.2 Å². The minimum atomic E-state index is -4.61. The molecule has 2 aromatic rings. The number of aromatic amines is 1. The zero-order valence-electron chi connectivity index (χ0n) is 8.95. The number of hydrogen-bond acceptors (Lipinski definition) is 2. The fourth-order valence-electron chi connectivity index (χ4n) is 1.52. The summed E-state index contributed by atoms with van der Waals surface area (Å²) in [6, 6.07) is 5.23. The van der Waals surface area contributed by atoms with Crippen LogP contribution in [0.5, 0.6) is 0 Å². The third-order valence-corrected chi connectivity index (χ3v) is 2.31. The zero-order chi connectivity index (χ0) is 13.3. The van der Waals surface area contributed by atoms with Gasteiger partial charge in [-0.2, -0.15) is 13.2 Å². The molecule has 7 heteroatoms. The number of primary amides is 1. The summed E-state index contributed by atoms with van der Waals surface area (Å²) in [5.41, 5.74) is 4.21. The number of nitrogens with two attached hydrogens (primary N) is 1. The lowest BCUT2D eigenvalue weighted by atomic mass is 10.1. The zero-order valence-corrected chi connectivity index (χ0v) is 8.95. The molecule has 0 fully saturated rings. The first-order valence-electron chi connectivity index (χ1n) is 4.91. The average Bonchev–Trinajstić information content (AvgIpc) is 2.80. The van der Waals surface area contributed by atoms with Crippen LogP contribution in [0, 0.1) is 0 Å². The van der Waals surface area contributed by atoms with E-state index in [1.807, 2.05) is 0 Å². The summed E-state index contributed by atoms with van der Waals surface area (Å²) in [6.07, 6.45) is -3.03. The highest BCUT2D eigenvalue weighted by Crippen LogP contribution is 2.30. The van der Waals surface area contributed by atoms with Gasteiger partial charge in [-0.05, 0) is 24.3 Å². The van der Waals surface area contributed by atoms with Crippen LogP contribution in [0.15, 0.2) is 30.5 Å². The van der Waals surface area contributed by atoms with E-state index in [2.05, 4.69) is 9.97 Å². The summed E-state index contributed by atoms with van der Waals surface area (Å²) in [7, 11) is 0. The van der Waals surface area contributed by atoms with Crippen LogP contribution >= 0.6 is 0 Å². The van der Waals surface area contributed by atoms with Crippen molar-refractivity contribution in [2.75, 3.05) is 0 Å². The minimum Gasteiger partial charge on any atom is -0.364 e. The Bertz CT molecular complexity index is 576. The number of rotatable bonds is 2. The van der Waals surface area contributed by atoms with Gasteiger partial charge in [-0.3, -0.25) is 4.79 Å². The topological polar surface area (TPSA) is 71.8 Å². The fourth-order valence-corrected chi connectivity index (χ4v) is 1.52. The summed E-state index contributed by atoms with van der Waals surface area (Å²) in [5.74, 6) is -1.01. The van der Waals surface area contributed by atoms with E-state index in [9.17, 15) is 18.0 Å². The van der Waals surface area contributed by atoms with E-state index >= 15 is 0 Å². The predicted octanol–water partition coefficient (Wildman–Crippen LogP) is 2.19. The maximum absolute atomic E-state index is 12.5. The van der Waals surface area contributed by atoms with Crippen molar-refractivity contribution in [2.45, 2.75) is 6.18 Å². The lowest BCUT2D eigenvalue weighted by Gasteiger charge is -2.09. The summed E-state index contributed by atoms with van der Waals surface area (Å²) < 4.78 is 37.4. The third-order valence-electron chi connectivity index (χ3n) is 2.31. The van der Waals surface area contributed by atoms with Crippen LogP contribution in [0.25, 0.3) is 11.3 Å². The van der Waals surface area contributed by atoms with Crippen molar-refractivity contribution in [1.29, 1.82) is 0 Å². The number of alkyl halides is 3. The van der Waals surface area contributed by atoms with Crippen molar-refractivity contribution in [1.82, 2.24) is 9.97 Å². The number of hydrogen-bond donors (Lipinski definition) is 2. The molecule has 4 nitrogen and oxygen atoms in total. The summed E-state index contributed by atoms with van der Waals surface area (Å²) in [6.45, 7) is 0. The third kappa shape index (κ3) is 2.20. The normalized spacial score (nSPS) is 11.5. The van der Waals surface area contributed by atoms with Crippen LogP contribution in [-0.4, -0.2) is 15.9 Å². The summed E-state index contributed by atoms with van der Waals surface area (Å²) in [5, 5.41) is 0. The standard InChI is InChI=1S/C11H8F3N3O/c12-11(13,14)8-4-3-6(7-2-1-5-16-7)9(17-8)10(15)18/h1-5,16H,(H2,15,18). The van der Waals surface area contributed by atoms with E-state index in [4.69, 9.17) is 5.73 Å². The highest BCUT2D eigenvalue weighted by atomic mass is 19.4. The number of pyridine rings is 1. The van der Waals surface area contributed by atoms with Crippen LogP contribution in [0.3, 0.4) is 0 Å². The molecule has 2 rings (SSSR count). The Labute approximate surface area is 99.6 Å². The molecule has 2 heterocycles. The SMILES string of the molecule is NC(=O)c1nc(C(F)(F)F)ccc1-c1ccc[nH]1. The molecular formula is C11H8F3N3O. The molecular weight excluding hydrogens is 247 g/mol. The van der Waals surface area contributed by atoms with E-state index in [0.29, 0.717) is 5.69 Å². The number of nitrogens with zero attached hydrogens (tertiary/aromatic N) is 1. The number of carbonyl (C=O) groups excluding carboxylic acids is 1. The molecule has 0 radical (unpaired) electrons. The molecule has 2 aromatic heterocycles. The smallest absolute Gasteiger partial charge is 0.364 e. The van der Waals surface area contributed by atoms with E-state index < -0.39 is 23.5 Å². The molecule has 18 heavy (non-hydrogen) atoms.